The maximum Gasteiger partial charge on any atom is 0.338 e. The summed E-state index contributed by atoms with van der Waals surface area (Å²) in [6, 6.07) is 3.18. The minimum atomic E-state index is -0.353. The highest BCUT2D eigenvalue weighted by atomic mass is 16.5. The van der Waals surface area contributed by atoms with Gasteiger partial charge in [-0.1, -0.05) is 0 Å². The van der Waals surface area contributed by atoms with Crippen LogP contribution < -0.4 is 4.74 Å². The van der Waals surface area contributed by atoms with Crippen molar-refractivity contribution in [2.45, 2.75) is 26.9 Å². The second kappa shape index (κ2) is 5.34. The lowest BCUT2D eigenvalue weighted by Gasteiger charge is -2.09. The fraction of sp³-hybridized carbons (Fsp3) is 0.455. The monoisotopic (exact) mass is 209 g/mol. The molecule has 0 unspecified atom stereocenters. The first kappa shape index (κ1) is 11.5. The molecule has 4 heteroatoms. The Balaban J connectivity index is 2.78. The van der Waals surface area contributed by atoms with Crippen LogP contribution in [-0.4, -0.2) is 23.7 Å². The zero-order chi connectivity index (χ0) is 11.3. The molecule has 15 heavy (non-hydrogen) atoms. The summed E-state index contributed by atoms with van der Waals surface area (Å²) < 4.78 is 10.2. The van der Waals surface area contributed by atoms with Crippen LogP contribution in [0.15, 0.2) is 18.3 Å². The van der Waals surface area contributed by atoms with E-state index in [-0.39, 0.29) is 12.1 Å². The Morgan fingerprint density at radius 2 is 2.27 bits per heavy atom. The molecular weight excluding hydrogens is 194 g/mol. The van der Waals surface area contributed by atoms with Crippen LogP contribution in [0.3, 0.4) is 0 Å². The smallest absolute Gasteiger partial charge is 0.338 e. The Kier molecular flexibility index (Phi) is 4.09. The SMILES string of the molecule is CCOC(=O)c1ccnc(OC(C)C)c1. The van der Waals surface area contributed by atoms with Gasteiger partial charge in [-0.2, -0.15) is 0 Å². The third-order valence-corrected chi connectivity index (χ3v) is 1.60. The molecule has 0 radical (unpaired) electrons. The van der Waals surface area contributed by atoms with E-state index in [2.05, 4.69) is 4.98 Å². The van der Waals surface area contributed by atoms with Crippen molar-refractivity contribution in [2.24, 2.45) is 0 Å². The third kappa shape index (κ3) is 3.58. The van der Waals surface area contributed by atoms with Crippen molar-refractivity contribution in [3.8, 4) is 5.88 Å². The van der Waals surface area contributed by atoms with Crippen molar-refractivity contribution in [3.05, 3.63) is 23.9 Å². The maximum atomic E-state index is 11.4. The van der Waals surface area contributed by atoms with Crippen molar-refractivity contribution in [2.75, 3.05) is 6.61 Å². The highest BCUT2D eigenvalue weighted by Crippen LogP contribution is 2.11. The van der Waals surface area contributed by atoms with E-state index in [4.69, 9.17) is 9.47 Å². The van der Waals surface area contributed by atoms with Crippen LogP contribution in [0.25, 0.3) is 0 Å². The second-order valence-electron chi connectivity index (χ2n) is 3.27. The van der Waals surface area contributed by atoms with Crippen LogP contribution in [-0.2, 0) is 4.74 Å². The summed E-state index contributed by atoms with van der Waals surface area (Å²) in [6.45, 7) is 5.93. The molecule has 0 saturated carbocycles. The first-order chi connectivity index (χ1) is 7.13. The number of hydrogen-bond acceptors (Lipinski definition) is 4. The number of esters is 1. The van der Waals surface area contributed by atoms with E-state index in [1.54, 1.807) is 19.1 Å². The Hall–Kier alpha value is -1.58. The van der Waals surface area contributed by atoms with Crippen LogP contribution in [0.5, 0.6) is 5.88 Å². The van der Waals surface area contributed by atoms with E-state index >= 15 is 0 Å². The van der Waals surface area contributed by atoms with Crippen molar-refractivity contribution >= 4 is 5.97 Å². The zero-order valence-electron chi connectivity index (χ0n) is 9.19. The number of nitrogens with zero attached hydrogens (tertiary/aromatic N) is 1. The Morgan fingerprint density at radius 3 is 2.87 bits per heavy atom. The third-order valence-electron chi connectivity index (χ3n) is 1.60. The fourth-order valence-corrected chi connectivity index (χ4v) is 1.06. The standard InChI is InChI=1S/C11H15NO3/c1-4-14-11(13)9-5-6-12-10(7-9)15-8(2)3/h5-8H,4H2,1-3H3. The fourth-order valence-electron chi connectivity index (χ4n) is 1.06. The number of carbonyl (C=O) groups is 1. The molecule has 0 spiro atoms. The summed E-state index contributed by atoms with van der Waals surface area (Å²) in [4.78, 5) is 15.4. The number of rotatable bonds is 4. The molecule has 1 rings (SSSR count). The van der Waals surface area contributed by atoms with E-state index in [0.717, 1.165) is 0 Å². The lowest BCUT2D eigenvalue weighted by Crippen LogP contribution is -2.09. The quantitative estimate of drug-likeness (QED) is 0.712. The molecule has 1 heterocycles. The highest BCUT2D eigenvalue weighted by Gasteiger charge is 2.08. The summed E-state index contributed by atoms with van der Waals surface area (Å²) in [7, 11) is 0. The largest absolute Gasteiger partial charge is 0.475 e. The molecule has 0 aliphatic heterocycles. The van der Waals surface area contributed by atoms with Crippen molar-refractivity contribution in [3.63, 3.8) is 0 Å². The molecule has 0 saturated heterocycles. The van der Waals surface area contributed by atoms with E-state index in [9.17, 15) is 4.79 Å². The van der Waals surface area contributed by atoms with Gasteiger partial charge in [0.25, 0.3) is 0 Å². The summed E-state index contributed by atoms with van der Waals surface area (Å²) in [6.07, 6.45) is 1.57. The number of aromatic nitrogens is 1. The molecule has 0 aliphatic carbocycles. The molecule has 1 aromatic rings. The molecule has 1 aromatic heterocycles. The lowest BCUT2D eigenvalue weighted by atomic mass is 10.3. The second-order valence-corrected chi connectivity index (χ2v) is 3.27. The van der Waals surface area contributed by atoms with Gasteiger partial charge in [-0.15, -0.1) is 0 Å². The van der Waals surface area contributed by atoms with Crippen molar-refractivity contribution in [1.82, 2.24) is 4.98 Å². The number of ether oxygens (including phenoxy) is 2. The van der Waals surface area contributed by atoms with Gasteiger partial charge in [0.1, 0.15) is 0 Å². The van der Waals surface area contributed by atoms with Crippen LogP contribution >= 0.6 is 0 Å². The maximum absolute atomic E-state index is 11.4. The number of pyridine rings is 1. The van der Waals surface area contributed by atoms with Gasteiger partial charge >= 0.3 is 5.97 Å². The van der Waals surface area contributed by atoms with Gasteiger partial charge < -0.3 is 9.47 Å². The van der Waals surface area contributed by atoms with Crippen LogP contribution in [0.1, 0.15) is 31.1 Å². The molecule has 0 N–H and O–H groups in total. The van der Waals surface area contributed by atoms with E-state index in [0.29, 0.717) is 18.1 Å². The van der Waals surface area contributed by atoms with E-state index in [1.807, 2.05) is 13.8 Å². The average molecular weight is 209 g/mol. The van der Waals surface area contributed by atoms with Gasteiger partial charge in [-0.3, -0.25) is 0 Å². The summed E-state index contributed by atoms with van der Waals surface area (Å²) >= 11 is 0. The number of carbonyl (C=O) groups excluding carboxylic acids is 1. The van der Waals surface area contributed by atoms with Crippen molar-refractivity contribution < 1.29 is 14.3 Å². The molecule has 82 valence electrons. The molecular formula is C11H15NO3. The average Bonchev–Trinajstić information content (AvgIpc) is 2.17. The minimum absolute atomic E-state index is 0.0370. The normalized spacial score (nSPS) is 10.1. The predicted octanol–water partition coefficient (Wildman–Crippen LogP) is 2.05. The van der Waals surface area contributed by atoms with Crippen LogP contribution in [0, 0.1) is 0 Å². The lowest BCUT2D eigenvalue weighted by molar-refractivity contribution is 0.0525. The first-order valence-corrected chi connectivity index (χ1v) is 4.93. The zero-order valence-corrected chi connectivity index (χ0v) is 9.19. The topological polar surface area (TPSA) is 48.4 Å². The number of hydrogen-bond donors (Lipinski definition) is 0. The predicted molar refractivity (Wildman–Crippen MR) is 56.0 cm³/mol. The molecule has 0 aliphatic rings. The first-order valence-electron chi connectivity index (χ1n) is 4.93. The van der Waals surface area contributed by atoms with Gasteiger partial charge in [0.2, 0.25) is 5.88 Å². The van der Waals surface area contributed by atoms with Gasteiger partial charge in [0.05, 0.1) is 18.3 Å². The van der Waals surface area contributed by atoms with Crippen LogP contribution in [0.4, 0.5) is 0 Å². The van der Waals surface area contributed by atoms with Gasteiger partial charge in [-0.25, -0.2) is 9.78 Å². The van der Waals surface area contributed by atoms with E-state index in [1.165, 1.54) is 6.20 Å². The summed E-state index contributed by atoms with van der Waals surface area (Å²) in [5.74, 6) is 0.0871. The molecule has 0 bridgehead atoms. The highest BCUT2D eigenvalue weighted by molar-refractivity contribution is 5.89. The summed E-state index contributed by atoms with van der Waals surface area (Å²) in [5, 5.41) is 0. The van der Waals surface area contributed by atoms with E-state index < -0.39 is 0 Å². The Morgan fingerprint density at radius 1 is 1.53 bits per heavy atom. The van der Waals surface area contributed by atoms with Crippen LogP contribution in [0.2, 0.25) is 0 Å². The Bertz CT molecular complexity index is 336. The van der Waals surface area contributed by atoms with Gasteiger partial charge in [-0.05, 0) is 26.8 Å². The van der Waals surface area contributed by atoms with Crippen molar-refractivity contribution in [1.29, 1.82) is 0 Å². The minimum Gasteiger partial charge on any atom is -0.475 e. The Labute approximate surface area is 89.2 Å². The summed E-state index contributed by atoms with van der Waals surface area (Å²) in [5.41, 5.74) is 0.461. The molecule has 0 amide bonds. The molecule has 4 nitrogen and oxygen atoms in total. The van der Waals surface area contributed by atoms with Gasteiger partial charge in [0, 0.05) is 12.3 Å². The molecule has 0 aromatic carbocycles. The van der Waals surface area contributed by atoms with Gasteiger partial charge in [0.15, 0.2) is 0 Å². The molecule has 0 fully saturated rings. The molecule has 0 atom stereocenters.